The van der Waals surface area contributed by atoms with E-state index in [2.05, 4.69) is 5.32 Å². The number of benzene rings is 1. The van der Waals surface area contributed by atoms with Gasteiger partial charge in [-0.2, -0.15) is 0 Å². The minimum absolute atomic E-state index is 0.000960. The molecule has 1 aromatic carbocycles. The Morgan fingerprint density at radius 1 is 1.30 bits per heavy atom. The number of rotatable bonds is 1. The number of fused-ring (bicyclic) bond motifs is 3. The Hall–Kier alpha value is -1.84. The Morgan fingerprint density at radius 3 is 2.78 bits per heavy atom. The molecule has 4 heteroatoms. The summed E-state index contributed by atoms with van der Waals surface area (Å²) in [5.74, 6) is 1.50. The Morgan fingerprint density at radius 2 is 2.04 bits per heavy atom. The molecule has 0 bridgehead atoms. The Balaban J connectivity index is 1.58. The van der Waals surface area contributed by atoms with Crippen LogP contribution in [-0.4, -0.2) is 22.8 Å². The summed E-state index contributed by atoms with van der Waals surface area (Å²) in [6.45, 7) is 5.99. The number of carbonyl (C=O) groups excluding carboxylic acids is 2. The highest BCUT2D eigenvalue weighted by Gasteiger charge is 2.70. The van der Waals surface area contributed by atoms with Crippen LogP contribution in [0.25, 0.3) is 0 Å². The highest BCUT2D eigenvalue weighted by atomic mass is 16.5. The van der Waals surface area contributed by atoms with Gasteiger partial charge in [-0.1, -0.05) is 12.1 Å². The average molecular weight is 313 g/mol. The number of ether oxygens (including phenoxy) is 1. The molecule has 0 aromatic heterocycles. The Labute approximate surface area is 136 Å². The molecular weight excluding hydrogens is 290 g/mol. The zero-order chi connectivity index (χ0) is 16.4. The van der Waals surface area contributed by atoms with Gasteiger partial charge in [-0.3, -0.25) is 9.59 Å². The summed E-state index contributed by atoms with van der Waals surface area (Å²) in [7, 11) is 0. The maximum absolute atomic E-state index is 12.5. The quantitative estimate of drug-likeness (QED) is 0.867. The van der Waals surface area contributed by atoms with E-state index in [1.807, 2.05) is 45.0 Å². The number of carbonyl (C=O) groups is 2. The smallest absolute Gasteiger partial charge is 0.224 e. The lowest BCUT2D eigenvalue weighted by Gasteiger charge is -2.37. The lowest BCUT2D eigenvalue weighted by Crippen LogP contribution is -2.46. The van der Waals surface area contributed by atoms with E-state index in [9.17, 15) is 9.59 Å². The van der Waals surface area contributed by atoms with E-state index in [-0.39, 0.29) is 29.1 Å². The second-order valence-electron chi connectivity index (χ2n) is 8.26. The molecule has 4 unspecified atom stereocenters. The van der Waals surface area contributed by atoms with Crippen molar-refractivity contribution < 1.29 is 14.3 Å². The topological polar surface area (TPSA) is 55.4 Å². The van der Waals surface area contributed by atoms with E-state index in [1.54, 1.807) is 0 Å². The van der Waals surface area contributed by atoms with Crippen LogP contribution in [0.1, 0.15) is 50.4 Å². The first-order valence-corrected chi connectivity index (χ1v) is 8.44. The molecule has 23 heavy (non-hydrogen) atoms. The van der Waals surface area contributed by atoms with Gasteiger partial charge in [-0.15, -0.1) is 0 Å². The first-order valence-electron chi connectivity index (χ1n) is 8.44. The van der Waals surface area contributed by atoms with Crippen molar-refractivity contribution in [2.75, 3.05) is 0 Å². The summed E-state index contributed by atoms with van der Waals surface area (Å²) < 4.78 is 6.31. The van der Waals surface area contributed by atoms with Crippen LogP contribution in [0.4, 0.5) is 0 Å². The van der Waals surface area contributed by atoms with Crippen LogP contribution in [0.3, 0.4) is 0 Å². The highest BCUT2D eigenvalue weighted by molar-refractivity contribution is 6.00. The first kappa shape index (κ1) is 14.7. The third kappa shape index (κ3) is 2.27. The maximum atomic E-state index is 12.5. The highest BCUT2D eigenvalue weighted by Crippen LogP contribution is 2.65. The molecule has 0 saturated heterocycles. The van der Waals surface area contributed by atoms with Gasteiger partial charge in [0.05, 0.1) is 12.0 Å². The number of amides is 1. The van der Waals surface area contributed by atoms with Crippen LogP contribution >= 0.6 is 0 Å². The molecule has 1 spiro atoms. The second kappa shape index (κ2) is 4.59. The van der Waals surface area contributed by atoms with Gasteiger partial charge < -0.3 is 10.1 Å². The fraction of sp³-hybridized carbons (Fsp3) is 0.579. The Bertz CT molecular complexity index is 690. The number of nitrogens with one attached hydrogen (secondary N) is 1. The second-order valence-corrected chi connectivity index (χ2v) is 8.26. The third-order valence-electron chi connectivity index (χ3n) is 5.44. The molecular formula is C19H23NO3. The summed E-state index contributed by atoms with van der Waals surface area (Å²) >= 11 is 0. The van der Waals surface area contributed by atoms with Crippen molar-refractivity contribution in [1.82, 2.24) is 5.32 Å². The zero-order valence-corrected chi connectivity index (χ0v) is 13.9. The lowest BCUT2D eigenvalue weighted by atomic mass is 9.84. The fourth-order valence-corrected chi connectivity index (χ4v) is 4.57. The van der Waals surface area contributed by atoms with Gasteiger partial charge in [0, 0.05) is 17.4 Å². The van der Waals surface area contributed by atoms with Crippen molar-refractivity contribution in [2.45, 2.75) is 51.2 Å². The van der Waals surface area contributed by atoms with Crippen molar-refractivity contribution in [3.05, 3.63) is 29.8 Å². The molecule has 1 N–H and O–H groups in total. The van der Waals surface area contributed by atoms with E-state index in [1.165, 1.54) is 0 Å². The van der Waals surface area contributed by atoms with Crippen molar-refractivity contribution >= 4 is 11.7 Å². The molecule has 122 valence electrons. The SMILES string of the molecule is CC(C)(C)NC(=O)C1C2CCC3(CC(=O)c4ccccc4O3)C21. The standard InChI is InChI=1S/C19H23NO3/c1-18(2,3)20-17(22)15-12-8-9-19(16(12)15)10-13(21)11-6-4-5-7-14(11)23-19/h4-7,12,15-16H,8-10H2,1-3H3,(H,20,22). The molecule has 2 saturated carbocycles. The van der Waals surface area contributed by atoms with Crippen LogP contribution < -0.4 is 10.1 Å². The van der Waals surface area contributed by atoms with E-state index < -0.39 is 5.60 Å². The van der Waals surface area contributed by atoms with Crippen LogP contribution in [0.5, 0.6) is 5.75 Å². The van der Waals surface area contributed by atoms with Crippen molar-refractivity contribution in [3.8, 4) is 5.75 Å². The van der Waals surface area contributed by atoms with E-state index in [0.717, 1.165) is 12.8 Å². The van der Waals surface area contributed by atoms with Gasteiger partial charge in [-0.05, 0) is 51.7 Å². The molecule has 3 aliphatic rings. The van der Waals surface area contributed by atoms with Crippen LogP contribution in [0.2, 0.25) is 0 Å². The lowest BCUT2D eigenvalue weighted by molar-refractivity contribution is -0.125. The molecule has 1 amide bonds. The zero-order valence-electron chi connectivity index (χ0n) is 13.9. The summed E-state index contributed by atoms with van der Waals surface area (Å²) in [5.41, 5.74) is -0.00890. The summed E-state index contributed by atoms with van der Waals surface area (Å²) in [4.78, 5) is 25.1. The van der Waals surface area contributed by atoms with Gasteiger partial charge in [0.2, 0.25) is 5.91 Å². The predicted octanol–water partition coefficient (Wildman–Crippen LogP) is 2.96. The van der Waals surface area contributed by atoms with Crippen molar-refractivity contribution in [2.24, 2.45) is 17.8 Å². The predicted molar refractivity (Wildman–Crippen MR) is 86.3 cm³/mol. The van der Waals surface area contributed by atoms with Crippen LogP contribution in [0.15, 0.2) is 24.3 Å². The molecule has 1 heterocycles. The normalized spacial score (nSPS) is 34.6. The minimum Gasteiger partial charge on any atom is -0.486 e. The van der Waals surface area contributed by atoms with Gasteiger partial charge in [0.25, 0.3) is 0 Å². The van der Waals surface area contributed by atoms with E-state index in [4.69, 9.17) is 4.74 Å². The molecule has 4 rings (SSSR count). The molecule has 2 fully saturated rings. The van der Waals surface area contributed by atoms with Gasteiger partial charge >= 0.3 is 0 Å². The maximum Gasteiger partial charge on any atom is 0.224 e. The van der Waals surface area contributed by atoms with Gasteiger partial charge in [0.15, 0.2) is 5.78 Å². The number of hydrogen-bond acceptors (Lipinski definition) is 3. The summed E-state index contributed by atoms with van der Waals surface area (Å²) in [5, 5.41) is 3.08. The number of ketones is 1. The van der Waals surface area contributed by atoms with Crippen LogP contribution in [0, 0.1) is 17.8 Å². The molecule has 0 radical (unpaired) electrons. The largest absolute Gasteiger partial charge is 0.486 e. The summed E-state index contributed by atoms with van der Waals surface area (Å²) in [6.07, 6.45) is 2.26. The number of Topliss-reactive ketones (excluding diaryl/α,β-unsaturated/α-hetero) is 1. The average Bonchev–Trinajstić information content (AvgIpc) is 3.10. The third-order valence-corrected chi connectivity index (χ3v) is 5.44. The summed E-state index contributed by atoms with van der Waals surface area (Å²) in [6, 6.07) is 7.46. The molecule has 1 aliphatic heterocycles. The van der Waals surface area contributed by atoms with Crippen molar-refractivity contribution in [3.63, 3.8) is 0 Å². The fourth-order valence-electron chi connectivity index (χ4n) is 4.57. The van der Waals surface area contributed by atoms with Crippen LogP contribution in [-0.2, 0) is 4.79 Å². The first-order chi connectivity index (χ1) is 10.8. The molecule has 4 atom stereocenters. The van der Waals surface area contributed by atoms with Crippen molar-refractivity contribution in [1.29, 1.82) is 0 Å². The minimum atomic E-state index is -0.462. The van der Waals surface area contributed by atoms with Gasteiger partial charge in [0.1, 0.15) is 11.4 Å². The molecule has 2 aliphatic carbocycles. The molecule has 4 nitrogen and oxygen atoms in total. The monoisotopic (exact) mass is 313 g/mol. The van der Waals surface area contributed by atoms with E-state index >= 15 is 0 Å². The van der Waals surface area contributed by atoms with E-state index in [0.29, 0.717) is 23.7 Å². The van der Waals surface area contributed by atoms with Gasteiger partial charge in [-0.25, -0.2) is 0 Å². The molecule has 1 aromatic rings. The number of para-hydroxylation sites is 1. The Kier molecular flexibility index (Phi) is 2.94. The number of hydrogen-bond donors (Lipinski definition) is 1.